The molecule has 0 aliphatic carbocycles. The minimum atomic E-state index is -5.91. The van der Waals surface area contributed by atoms with Gasteiger partial charge in [-0.15, -0.1) is 0 Å². The van der Waals surface area contributed by atoms with Gasteiger partial charge in [-0.25, -0.2) is 9.69 Å². The van der Waals surface area contributed by atoms with Crippen molar-refractivity contribution in [3.63, 3.8) is 0 Å². The van der Waals surface area contributed by atoms with Crippen LogP contribution in [0.4, 0.5) is 18.0 Å². The van der Waals surface area contributed by atoms with Gasteiger partial charge in [0.05, 0.1) is 6.54 Å². The van der Waals surface area contributed by atoms with Crippen molar-refractivity contribution in [1.82, 2.24) is 4.90 Å². The molecule has 0 saturated heterocycles. The van der Waals surface area contributed by atoms with Crippen molar-refractivity contribution in [3.05, 3.63) is 12.1 Å². The molecule has 0 N–H and O–H groups in total. The zero-order valence-corrected chi connectivity index (χ0v) is 12.2. The third-order valence-corrected chi connectivity index (χ3v) is 2.93. The summed E-state index contributed by atoms with van der Waals surface area (Å²) in [5.41, 5.74) is -6.53. The lowest BCUT2D eigenvalue weighted by atomic mass is 10.2. The Morgan fingerprint density at radius 3 is 2.38 bits per heavy atom. The molecule has 0 spiro atoms. The van der Waals surface area contributed by atoms with E-state index in [-0.39, 0.29) is 13.2 Å². The van der Waals surface area contributed by atoms with Crippen molar-refractivity contribution < 1.29 is 40.0 Å². The van der Waals surface area contributed by atoms with E-state index in [2.05, 4.69) is 8.92 Å². The molecule has 1 aliphatic heterocycles. The minimum absolute atomic E-state index is 0.0435. The fraction of sp³-hybridized carbons (Fsp3) is 0.700. The number of rotatable bonds is 2. The number of carbonyl (C=O) groups excluding carboxylic acids is 1. The van der Waals surface area contributed by atoms with Crippen molar-refractivity contribution in [2.75, 3.05) is 13.2 Å². The first-order chi connectivity index (χ1) is 9.33. The first kappa shape index (κ1) is 17.4. The van der Waals surface area contributed by atoms with E-state index in [9.17, 15) is 26.4 Å². The Hall–Kier alpha value is -1.65. The molecule has 7 nitrogen and oxygen atoms in total. The van der Waals surface area contributed by atoms with Crippen LogP contribution in [0.5, 0.6) is 0 Å². The van der Waals surface area contributed by atoms with Crippen molar-refractivity contribution in [3.8, 4) is 0 Å². The Balaban J connectivity index is 2.94. The lowest BCUT2D eigenvalue weighted by molar-refractivity contribution is -0.0554. The quantitative estimate of drug-likeness (QED) is 0.567. The van der Waals surface area contributed by atoms with Crippen LogP contribution in [-0.4, -0.2) is 43.7 Å². The molecular weight excluding hydrogens is 319 g/mol. The number of alkyl halides is 3. The van der Waals surface area contributed by atoms with E-state index in [1.54, 1.807) is 20.8 Å². The average Bonchev–Trinajstić information content (AvgIpc) is 2.25. The van der Waals surface area contributed by atoms with Crippen LogP contribution in [0.2, 0.25) is 0 Å². The van der Waals surface area contributed by atoms with Crippen molar-refractivity contribution in [2.45, 2.75) is 31.9 Å². The number of hydrogen-bond donors (Lipinski definition) is 0. The average molecular weight is 333 g/mol. The molecule has 122 valence electrons. The Labute approximate surface area is 119 Å². The highest BCUT2D eigenvalue weighted by Gasteiger charge is 2.50. The van der Waals surface area contributed by atoms with Crippen LogP contribution in [0.1, 0.15) is 20.8 Å². The molecule has 1 rings (SSSR count). The van der Waals surface area contributed by atoms with Crippen LogP contribution in [0.15, 0.2) is 12.1 Å². The van der Waals surface area contributed by atoms with Gasteiger partial charge >= 0.3 is 21.7 Å². The third kappa shape index (κ3) is 4.69. The van der Waals surface area contributed by atoms with Crippen LogP contribution >= 0.6 is 0 Å². The van der Waals surface area contributed by atoms with Crippen molar-refractivity contribution in [2.24, 2.45) is 0 Å². The first-order valence-corrected chi connectivity index (χ1v) is 7.07. The molecule has 0 atom stereocenters. The molecule has 0 saturated carbocycles. The summed E-state index contributed by atoms with van der Waals surface area (Å²) in [6.45, 7) is 4.37. The highest BCUT2D eigenvalue weighted by Crippen LogP contribution is 2.28. The topological polar surface area (TPSA) is 82.1 Å². The fourth-order valence-corrected chi connectivity index (χ4v) is 1.62. The Kier molecular flexibility index (Phi) is 4.66. The molecule has 0 unspecified atom stereocenters. The van der Waals surface area contributed by atoms with Crippen LogP contribution in [0.3, 0.4) is 0 Å². The predicted molar refractivity (Wildman–Crippen MR) is 63.0 cm³/mol. The van der Waals surface area contributed by atoms with Gasteiger partial charge in [0.2, 0.25) is 0 Å². The lowest BCUT2D eigenvalue weighted by Crippen LogP contribution is -2.42. The van der Waals surface area contributed by atoms with Crippen molar-refractivity contribution in [1.29, 1.82) is 0 Å². The van der Waals surface area contributed by atoms with E-state index in [0.717, 1.165) is 0 Å². The second kappa shape index (κ2) is 5.62. The second-order valence-corrected chi connectivity index (χ2v) is 6.48. The molecule has 0 aromatic rings. The zero-order valence-electron chi connectivity index (χ0n) is 11.4. The summed E-state index contributed by atoms with van der Waals surface area (Å²) in [5, 5.41) is 0. The molecule has 1 amide bonds. The van der Waals surface area contributed by atoms with Crippen LogP contribution in [-0.2, 0) is 23.8 Å². The molecule has 1 aliphatic rings. The molecule has 0 aromatic heterocycles. The van der Waals surface area contributed by atoms with Gasteiger partial charge in [0.15, 0.2) is 0 Å². The SMILES string of the molecule is CC(C)(C)OC(=O)N1CCOC=C1OS(=O)(=O)C(F)(F)F. The van der Waals surface area contributed by atoms with Gasteiger partial charge in [-0.3, -0.25) is 0 Å². The highest BCUT2D eigenvalue weighted by molar-refractivity contribution is 7.87. The second-order valence-electron chi connectivity index (χ2n) is 4.94. The summed E-state index contributed by atoms with van der Waals surface area (Å²) in [4.78, 5) is 12.4. The molecular formula is C10H14F3NO6S. The molecule has 21 heavy (non-hydrogen) atoms. The normalized spacial score (nSPS) is 16.9. The minimum Gasteiger partial charge on any atom is -0.494 e. The molecule has 0 fully saturated rings. The largest absolute Gasteiger partial charge is 0.534 e. The number of ether oxygens (including phenoxy) is 2. The fourth-order valence-electron chi connectivity index (χ4n) is 1.17. The monoisotopic (exact) mass is 333 g/mol. The van der Waals surface area contributed by atoms with Crippen LogP contribution in [0, 0.1) is 0 Å². The standard InChI is InChI=1S/C10H14F3NO6S/c1-9(2,3)19-8(15)14-4-5-18-6-7(14)20-21(16,17)10(11,12)13/h6H,4-5H2,1-3H3. The van der Waals surface area contributed by atoms with E-state index in [4.69, 9.17) is 4.74 Å². The number of hydrogen-bond acceptors (Lipinski definition) is 6. The Bertz CT molecular complexity index is 534. The molecule has 1 heterocycles. The molecule has 0 aromatic carbocycles. The van der Waals surface area contributed by atoms with E-state index in [1.807, 2.05) is 0 Å². The van der Waals surface area contributed by atoms with Gasteiger partial charge in [-0.2, -0.15) is 21.6 Å². The van der Waals surface area contributed by atoms with Crippen LogP contribution in [0.25, 0.3) is 0 Å². The predicted octanol–water partition coefficient (Wildman–Crippen LogP) is 1.92. The maximum atomic E-state index is 12.3. The van der Waals surface area contributed by atoms with Gasteiger partial charge in [-0.05, 0) is 20.8 Å². The van der Waals surface area contributed by atoms with E-state index < -0.39 is 33.2 Å². The van der Waals surface area contributed by atoms with Gasteiger partial charge < -0.3 is 13.7 Å². The number of amides is 1. The highest BCUT2D eigenvalue weighted by atomic mass is 32.2. The first-order valence-electron chi connectivity index (χ1n) is 5.66. The number of halogens is 3. The van der Waals surface area contributed by atoms with E-state index >= 15 is 0 Å². The summed E-state index contributed by atoms with van der Waals surface area (Å²) in [6, 6.07) is 0. The summed E-state index contributed by atoms with van der Waals surface area (Å²) in [7, 11) is -5.91. The van der Waals surface area contributed by atoms with E-state index in [0.29, 0.717) is 11.2 Å². The molecule has 0 bridgehead atoms. The van der Waals surface area contributed by atoms with Gasteiger partial charge in [0.1, 0.15) is 18.5 Å². The van der Waals surface area contributed by atoms with E-state index in [1.165, 1.54) is 0 Å². The molecule has 11 heteroatoms. The Morgan fingerprint density at radius 1 is 1.33 bits per heavy atom. The summed E-state index contributed by atoms with van der Waals surface area (Å²) < 4.78 is 72.2. The smallest absolute Gasteiger partial charge is 0.494 e. The van der Waals surface area contributed by atoms with Gasteiger partial charge in [-0.1, -0.05) is 0 Å². The Morgan fingerprint density at radius 2 is 1.90 bits per heavy atom. The number of nitrogens with zero attached hydrogens (tertiary/aromatic N) is 1. The summed E-state index contributed by atoms with van der Waals surface area (Å²) in [5.74, 6) is -0.909. The third-order valence-electron chi connectivity index (χ3n) is 1.98. The lowest BCUT2D eigenvalue weighted by Gasteiger charge is -2.30. The van der Waals surface area contributed by atoms with Crippen LogP contribution < -0.4 is 0 Å². The maximum Gasteiger partial charge on any atom is 0.534 e. The summed E-state index contributed by atoms with van der Waals surface area (Å²) >= 11 is 0. The zero-order chi connectivity index (χ0) is 16.5. The van der Waals surface area contributed by atoms with Gasteiger partial charge in [0.25, 0.3) is 5.88 Å². The molecule has 0 radical (unpaired) electrons. The van der Waals surface area contributed by atoms with Gasteiger partial charge in [0, 0.05) is 0 Å². The maximum absolute atomic E-state index is 12.3. The number of carbonyl (C=O) groups is 1. The van der Waals surface area contributed by atoms with Crippen molar-refractivity contribution >= 4 is 16.2 Å². The summed E-state index contributed by atoms with van der Waals surface area (Å²) in [6.07, 6.45) is -0.439.